The maximum atomic E-state index is 13.2. The lowest BCUT2D eigenvalue weighted by Gasteiger charge is -2.09. The SMILES string of the molecule is Cc1c(C)n(Cc2ccc(F)cc2)c2ccc(C(=O)NCc3ccccn3)cc12. The molecule has 1 amide bonds. The van der Waals surface area contributed by atoms with Crippen molar-refractivity contribution in [1.29, 1.82) is 0 Å². The number of carbonyl (C=O) groups excluding carboxylic acids is 1. The molecule has 5 heteroatoms. The first-order chi connectivity index (χ1) is 14.0. The lowest BCUT2D eigenvalue weighted by atomic mass is 10.1. The normalized spacial score (nSPS) is 11.0. The minimum Gasteiger partial charge on any atom is -0.346 e. The van der Waals surface area contributed by atoms with E-state index in [2.05, 4.69) is 28.7 Å². The number of nitrogens with zero attached hydrogens (tertiary/aromatic N) is 2. The van der Waals surface area contributed by atoms with Gasteiger partial charge in [-0.1, -0.05) is 18.2 Å². The van der Waals surface area contributed by atoms with E-state index in [0.717, 1.165) is 33.4 Å². The number of rotatable bonds is 5. The molecule has 0 unspecified atom stereocenters. The van der Waals surface area contributed by atoms with E-state index < -0.39 is 0 Å². The Labute approximate surface area is 169 Å². The van der Waals surface area contributed by atoms with E-state index in [9.17, 15) is 9.18 Å². The predicted molar refractivity (Wildman–Crippen MR) is 112 cm³/mol. The largest absolute Gasteiger partial charge is 0.346 e. The summed E-state index contributed by atoms with van der Waals surface area (Å²) < 4.78 is 15.4. The highest BCUT2D eigenvalue weighted by Gasteiger charge is 2.14. The molecule has 2 heterocycles. The first-order valence-electron chi connectivity index (χ1n) is 9.55. The van der Waals surface area contributed by atoms with Gasteiger partial charge < -0.3 is 9.88 Å². The van der Waals surface area contributed by atoms with Gasteiger partial charge >= 0.3 is 0 Å². The highest BCUT2D eigenvalue weighted by molar-refractivity contribution is 5.99. The van der Waals surface area contributed by atoms with Crippen molar-refractivity contribution in [1.82, 2.24) is 14.9 Å². The van der Waals surface area contributed by atoms with E-state index in [1.165, 1.54) is 12.1 Å². The molecule has 0 atom stereocenters. The zero-order valence-electron chi connectivity index (χ0n) is 16.4. The summed E-state index contributed by atoms with van der Waals surface area (Å²) in [5.41, 5.74) is 5.81. The molecule has 0 fully saturated rings. The van der Waals surface area contributed by atoms with Gasteiger partial charge in [-0.3, -0.25) is 9.78 Å². The second-order valence-corrected chi connectivity index (χ2v) is 7.16. The van der Waals surface area contributed by atoms with Crippen molar-refractivity contribution in [2.45, 2.75) is 26.9 Å². The van der Waals surface area contributed by atoms with Gasteiger partial charge in [-0.15, -0.1) is 0 Å². The third-order valence-electron chi connectivity index (χ3n) is 5.31. The summed E-state index contributed by atoms with van der Waals surface area (Å²) in [6.07, 6.45) is 1.71. The fourth-order valence-electron chi connectivity index (χ4n) is 3.54. The van der Waals surface area contributed by atoms with Crippen LogP contribution in [0.3, 0.4) is 0 Å². The number of carbonyl (C=O) groups is 1. The summed E-state index contributed by atoms with van der Waals surface area (Å²) in [5, 5.41) is 3.97. The van der Waals surface area contributed by atoms with Gasteiger partial charge in [0.15, 0.2) is 0 Å². The molecule has 1 N–H and O–H groups in total. The summed E-state index contributed by atoms with van der Waals surface area (Å²) in [6.45, 7) is 5.18. The Morgan fingerprint density at radius 2 is 1.86 bits per heavy atom. The molecule has 2 aromatic heterocycles. The molecule has 0 aliphatic rings. The number of hydrogen-bond donors (Lipinski definition) is 1. The van der Waals surface area contributed by atoms with Gasteiger partial charge in [-0.05, 0) is 67.4 Å². The van der Waals surface area contributed by atoms with Crippen LogP contribution in [0.5, 0.6) is 0 Å². The van der Waals surface area contributed by atoms with Crippen molar-refractivity contribution < 1.29 is 9.18 Å². The molecule has 0 spiro atoms. The molecule has 0 saturated heterocycles. The molecular weight excluding hydrogens is 365 g/mol. The molecular formula is C24H22FN3O. The number of fused-ring (bicyclic) bond motifs is 1. The molecule has 0 saturated carbocycles. The monoisotopic (exact) mass is 387 g/mol. The number of amides is 1. The Bertz CT molecular complexity index is 1160. The zero-order chi connectivity index (χ0) is 20.4. The number of nitrogens with one attached hydrogen (secondary N) is 1. The minimum absolute atomic E-state index is 0.124. The summed E-state index contributed by atoms with van der Waals surface area (Å²) in [7, 11) is 0. The highest BCUT2D eigenvalue weighted by Crippen LogP contribution is 2.27. The summed E-state index contributed by atoms with van der Waals surface area (Å²) in [6, 6.07) is 18.0. The third kappa shape index (κ3) is 3.90. The Morgan fingerprint density at radius 3 is 2.59 bits per heavy atom. The van der Waals surface area contributed by atoms with Crippen LogP contribution in [0.4, 0.5) is 4.39 Å². The van der Waals surface area contributed by atoms with E-state index in [4.69, 9.17) is 0 Å². The van der Waals surface area contributed by atoms with Crippen LogP contribution in [0.25, 0.3) is 10.9 Å². The zero-order valence-corrected chi connectivity index (χ0v) is 16.4. The van der Waals surface area contributed by atoms with E-state index in [1.807, 2.05) is 36.4 Å². The van der Waals surface area contributed by atoms with Crippen LogP contribution in [0.15, 0.2) is 66.9 Å². The minimum atomic E-state index is -0.236. The molecule has 0 aliphatic carbocycles. The Kier molecular flexibility index (Phi) is 5.12. The van der Waals surface area contributed by atoms with Gasteiger partial charge in [-0.25, -0.2) is 4.39 Å². The van der Waals surface area contributed by atoms with Crippen LogP contribution in [0.1, 0.15) is 32.9 Å². The maximum Gasteiger partial charge on any atom is 0.251 e. The van der Waals surface area contributed by atoms with Crippen molar-refractivity contribution in [2.24, 2.45) is 0 Å². The third-order valence-corrected chi connectivity index (χ3v) is 5.31. The van der Waals surface area contributed by atoms with Gasteiger partial charge in [0.2, 0.25) is 0 Å². The van der Waals surface area contributed by atoms with Crippen LogP contribution in [-0.2, 0) is 13.1 Å². The fourth-order valence-corrected chi connectivity index (χ4v) is 3.54. The van der Waals surface area contributed by atoms with Crippen LogP contribution in [0.2, 0.25) is 0 Å². The quantitative estimate of drug-likeness (QED) is 0.536. The second-order valence-electron chi connectivity index (χ2n) is 7.16. The Hall–Kier alpha value is -3.47. The highest BCUT2D eigenvalue weighted by atomic mass is 19.1. The van der Waals surface area contributed by atoms with E-state index in [1.54, 1.807) is 18.3 Å². The van der Waals surface area contributed by atoms with Crippen molar-refractivity contribution in [3.05, 3.63) is 101 Å². The summed E-state index contributed by atoms with van der Waals surface area (Å²) >= 11 is 0. The molecule has 146 valence electrons. The number of aromatic nitrogens is 2. The van der Waals surface area contributed by atoms with Gasteiger partial charge in [-0.2, -0.15) is 0 Å². The molecule has 4 aromatic rings. The van der Waals surface area contributed by atoms with Crippen molar-refractivity contribution in [3.8, 4) is 0 Å². The van der Waals surface area contributed by atoms with Gasteiger partial charge in [0.1, 0.15) is 5.82 Å². The Morgan fingerprint density at radius 1 is 1.07 bits per heavy atom. The molecule has 0 bridgehead atoms. The lowest BCUT2D eigenvalue weighted by Crippen LogP contribution is -2.23. The van der Waals surface area contributed by atoms with E-state index in [-0.39, 0.29) is 11.7 Å². The predicted octanol–water partition coefficient (Wildman–Crippen LogP) is 4.77. The molecule has 2 aromatic carbocycles. The lowest BCUT2D eigenvalue weighted by molar-refractivity contribution is 0.0950. The molecule has 4 nitrogen and oxygen atoms in total. The molecule has 4 rings (SSSR count). The van der Waals surface area contributed by atoms with Crippen molar-refractivity contribution in [2.75, 3.05) is 0 Å². The van der Waals surface area contributed by atoms with Gasteiger partial charge in [0.25, 0.3) is 5.91 Å². The van der Waals surface area contributed by atoms with Gasteiger partial charge in [0.05, 0.1) is 12.2 Å². The average Bonchev–Trinajstić information content (AvgIpc) is 2.98. The smallest absolute Gasteiger partial charge is 0.251 e. The summed E-state index contributed by atoms with van der Waals surface area (Å²) in [5.74, 6) is -0.360. The Balaban J connectivity index is 1.60. The molecule has 29 heavy (non-hydrogen) atoms. The van der Waals surface area contributed by atoms with Crippen molar-refractivity contribution in [3.63, 3.8) is 0 Å². The molecule has 0 aliphatic heterocycles. The summed E-state index contributed by atoms with van der Waals surface area (Å²) in [4.78, 5) is 16.8. The molecule has 0 radical (unpaired) electrons. The van der Waals surface area contributed by atoms with E-state index in [0.29, 0.717) is 18.7 Å². The van der Waals surface area contributed by atoms with E-state index >= 15 is 0 Å². The number of aryl methyl sites for hydroxylation is 1. The first-order valence-corrected chi connectivity index (χ1v) is 9.55. The number of pyridine rings is 1. The van der Waals surface area contributed by atoms with Gasteiger partial charge in [0, 0.05) is 34.9 Å². The average molecular weight is 387 g/mol. The second kappa shape index (κ2) is 7.87. The number of halogens is 1. The standard InChI is InChI=1S/C24H22FN3O/c1-16-17(2)28(15-18-6-9-20(25)10-7-18)23-11-8-19(13-22(16)23)24(29)27-14-21-5-3-4-12-26-21/h3-13H,14-15H2,1-2H3,(H,27,29). The van der Waals surface area contributed by atoms with Crippen LogP contribution in [0, 0.1) is 19.7 Å². The number of hydrogen-bond acceptors (Lipinski definition) is 2. The maximum absolute atomic E-state index is 13.2. The topological polar surface area (TPSA) is 46.9 Å². The first kappa shape index (κ1) is 18.9. The van der Waals surface area contributed by atoms with Crippen LogP contribution >= 0.6 is 0 Å². The van der Waals surface area contributed by atoms with Crippen LogP contribution in [-0.4, -0.2) is 15.5 Å². The van der Waals surface area contributed by atoms with Crippen LogP contribution < -0.4 is 5.32 Å². The van der Waals surface area contributed by atoms with Crippen molar-refractivity contribution >= 4 is 16.8 Å². The fraction of sp³-hybridized carbons (Fsp3) is 0.167. The number of benzene rings is 2.